The topological polar surface area (TPSA) is 45.6 Å². The van der Waals surface area contributed by atoms with E-state index < -0.39 is 0 Å². The van der Waals surface area contributed by atoms with Crippen LogP contribution in [0.25, 0.3) is 10.9 Å². The summed E-state index contributed by atoms with van der Waals surface area (Å²) >= 11 is 0. The summed E-state index contributed by atoms with van der Waals surface area (Å²) in [5.74, 6) is 0.610. The van der Waals surface area contributed by atoms with Crippen LogP contribution in [0.15, 0.2) is 24.3 Å². The second-order valence-corrected chi connectivity index (χ2v) is 7.99. The van der Waals surface area contributed by atoms with Crippen LogP contribution in [-0.2, 0) is 11.8 Å². The number of piperazine rings is 1. The first-order valence-electron chi connectivity index (χ1n) is 10.2. The highest BCUT2D eigenvalue weighted by molar-refractivity contribution is 6.08. The van der Waals surface area contributed by atoms with E-state index in [0.29, 0.717) is 32.1 Å². The third kappa shape index (κ3) is 3.24. The zero-order valence-electron chi connectivity index (χ0n) is 16.4. The van der Waals surface area contributed by atoms with E-state index in [-0.39, 0.29) is 11.8 Å². The molecule has 1 aliphatic carbocycles. The first-order valence-corrected chi connectivity index (χ1v) is 10.2. The van der Waals surface area contributed by atoms with E-state index in [9.17, 15) is 9.59 Å². The lowest BCUT2D eigenvalue weighted by Gasteiger charge is -2.37. The van der Waals surface area contributed by atoms with Gasteiger partial charge in [-0.2, -0.15) is 0 Å². The number of para-hydroxylation sites is 1. The number of benzene rings is 1. The summed E-state index contributed by atoms with van der Waals surface area (Å²) in [6.45, 7) is 4.58. The van der Waals surface area contributed by atoms with E-state index in [1.807, 2.05) is 42.0 Å². The predicted octanol–water partition coefficient (Wildman–Crippen LogP) is 3.35. The molecule has 144 valence electrons. The number of carbonyl (C=O) groups is 2. The standard InChI is InChI=1S/C22H29N3O2/c1-16-20(18-10-6-7-11-19(18)23(16)2)22(27)25-14-12-24(13-15-25)21(26)17-8-4-3-5-9-17/h6-7,10-11,17H,3-5,8-9,12-15H2,1-2H3. The highest BCUT2D eigenvalue weighted by Crippen LogP contribution is 2.28. The SMILES string of the molecule is Cc1c(C(=O)N2CCN(C(=O)C3CCCCC3)CC2)c2ccccc2n1C. The molecule has 5 nitrogen and oxygen atoms in total. The van der Waals surface area contributed by atoms with Crippen LogP contribution < -0.4 is 0 Å². The molecule has 0 bridgehead atoms. The normalized spacial score (nSPS) is 18.9. The van der Waals surface area contributed by atoms with E-state index in [0.717, 1.165) is 35.0 Å². The first kappa shape index (κ1) is 18.1. The van der Waals surface area contributed by atoms with Crippen molar-refractivity contribution >= 4 is 22.7 Å². The number of aromatic nitrogens is 1. The Labute approximate surface area is 160 Å². The number of hydrogen-bond donors (Lipinski definition) is 0. The van der Waals surface area contributed by atoms with Crippen molar-refractivity contribution in [1.82, 2.24) is 14.4 Å². The highest BCUT2D eigenvalue weighted by atomic mass is 16.2. The molecule has 2 aliphatic rings. The third-order valence-corrected chi connectivity index (χ3v) is 6.45. The maximum atomic E-state index is 13.2. The fraction of sp³-hybridized carbons (Fsp3) is 0.545. The Balaban J connectivity index is 1.46. The number of hydrogen-bond acceptors (Lipinski definition) is 2. The summed E-state index contributed by atoms with van der Waals surface area (Å²) in [7, 11) is 2.01. The number of nitrogens with zero attached hydrogens (tertiary/aromatic N) is 3. The van der Waals surface area contributed by atoms with Crippen molar-refractivity contribution in [3.05, 3.63) is 35.5 Å². The van der Waals surface area contributed by atoms with Gasteiger partial charge in [0, 0.05) is 55.7 Å². The monoisotopic (exact) mass is 367 g/mol. The summed E-state index contributed by atoms with van der Waals surface area (Å²) < 4.78 is 2.09. The number of amides is 2. The Hall–Kier alpha value is -2.30. The summed E-state index contributed by atoms with van der Waals surface area (Å²) in [4.78, 5) is 29.9. The Morgan fingerprint density at radius 3 is 2.26 bits per heavy atom. The lowest BCUT2D eigenvalue weighted by molar-refractivity contribution is -0.138. The second kappa shape index (κ2) is 7.37. The zero-order chi connectivity index (χ0) is 19.0. The molecule has 2 fully saturated rings. The molecule has 27 heavy (non-hydrogen) atoms. The van der Waals surface area contributed by atoms with Crippen LogP contribution in [0.4, 0.5) is 0 Å². The Bertz CT molecular complexity index is 856. The molecule has 2 heterocycles. The Morgan fingerprint density at radius 1 is 0.926 bits per heavy atom. The van der Waals surface area contributed by atoms with Crippen LogP contribution in [0.3, 0.4) is 0 Å². The van der Waals surface area contributed by atoms with E-state index in [1.54, 1.807) is 0 Å². The second-order valence-electron chi connectivity index (χ2n) is 7.99. The molecule has 2 aromatic rings. The van der Waals surface area contributed by atoms with Crippen LogP contribution >= 0.6 is 0 Å². The Kier molecular flexibility index (Phi) is 4.94. The van der Waals surface area contributed by atoms with E-state index >= 15 is 0 Å². The maximum absolute atomic E-state index is 13.2. The molecule has 5 heteroatoms. The lowest BCUT2D eigenvalue weighted by atomic mass is 9.88. The lowest BCUT2D eigenvalue weighted by Crippen LogP contribution is -2.52. The van der Waals surface area contributed by atoms with Crippen molar-refractivity contribution in [1.29, 1.82) is 0 Å². The van der Waals surface area contributed by atoms with Crippen LogP contribution in [0, 0.1) is 12.8 Å². The van der Waals surface area contributed by atoms with Crippen LogP contribution in [-0.4, -0.2) is 52.4 Å². The summed E-state index contributed by atoms with van der Waals surface area (Å²) in [5, 5.41) is 1.02. The number of fused-ring (bicyclic) bond motifs is 1. The minimum absolute atomic E-state index is 0.0917. The number of aryl methyl sites for hydroxylation is 1. The maximum Gasteiger partial charge on any atom is 0.256 e. The van der Waals surface area contributed by atoms with Crippen molar-refractivity contribution in [3.63, 3.8) is 0 Å². The van der Waals surface area contributed by atoms with Crippen LogP contribution in [0.2, 0.25) is 0 Å². The molecular weight excluding hydrogens is 338 g/mol. The van der Waals surface area contributed by atoms with Gasteiger partial charge in [0.1, 0.15) is 0 Å². The highest BCUT2D eigenvalue weighted by Gasteiger charge is 2.31. The van der Waals surface area contributed by atoms with Gasteiger partial charge in [-0.1, -0.05) is 37.5 Å². The molecule has 1 saturated carbocycles. The predicted molar refractivity (Wildman–Crippen MR) is 107 cm³/mol. The molecule has 0 N–H and O–H groups in total. The molecule has 0 unspecified atom stereocenters. The van der Waals surface area contributed by atoms with Gasteiger partial charge in [0.05, 0.1) is 5.56 Å². The number of carbonyl (C=O) groups excluding carboxylic acids is 2. The fourth-order valence-electron chi connectivity index (χ4n) is 4.69. The van der Waals surface area contributed by atoms with Gasteiger partial charge < -0.3 is 14.4 Å². The molecular formula is C22H29N3O2. The zero-order valence-corrected chi connectivity index (χ0v) is 16.4. The van der Waals surface area contributed by atoms with Gasteiger partial charge >= 0.3 is 0 Å². The summed E-state index contributed by atoms with van der Waals surface area (Å²) in [6, 6.07) is 8.07. The average molecular weight is 367 g/mol. The van der Waals surface area contributed by atoms with Crippen molar-refractivity contribution in [2.75, 3.05) is 26.2 Å². The molecule has 1 saturated heterocycles. The van der Waals surface area contributed by atoms with Gasteiger partial charge in [0.2, 0.25) is 5.91 Å². The van der Waals surface area contributed by atoms with Gasteiger partial charge in [0.15, 0.2) is 0 Å². The van der Waals surface area contributed by atoms with Crippen molar-refractivity contribution in [2.24, 2.45) is 13.0 Å². The minimum atomic E-state index is 0.0917. The summed E-state index contributed by atoms with van der Waals surface area (Å²) in [5.41, 5.74) is 2.89. The van der Waals surface area contributed by atoms with Crippen LogP contribution in [0.1, 0.15) is 48.2 Å². The van der Waals surface area contributed by atoms with Gasteiger partial charge in [-0.25, -0.2) is 0 Å². The molecule has 2 amide bonds. The minimum Gasteiger partial charge on any atom is -0.347 e. The van der Waals surface area contributed by atoms with Crippen molar-refractivity contribution in [3.8, 4) is 0 Å². The molecule has 0 radical (unpaired) electrons. The third-order valence-electron chi connectivity index (χ3n) is 6.45. The molecule has 0 spiro atoms. The van der Waals surface area contributed by atoms with Gasteiger partial charge in [0.25, 0.3) is 5.91 Å². The smallest absolute Gasteiger partial charge is 0.256 e. The molecule has 1 aliphatic heterocycles. The Morgan fingerprint density at radius 2 is 1.56 bits per heavy atom. The van der Waals surface area contributed by atoms with Crippen molar-refractivity contribution in [2.45, 2.75) is 39.0 Å². The number of rotatable bonds is 2. The summed E-state index contributed by atoms with van der Waals surface area (Å²) in [6.07, 6.45) is 5.68. The van der Waals surface area contributed by atoms with Gasteiger partial charge in [-0.3, -0.25) is 9.59 Å². The molecule has 1 aromatic heterocycles. The van der Waals surface area contributed by atoms with E-state index in [4.69, 9.17) is 0 Å². The van der Waals surface area contributed by atoms with Crippen LogP contribution in [0.5, 0.6) is 0 Å². The van der Waals surface area contributed by atoms with Gasteiger partial charge in [-0.15, -0.1) is 0 Å². The first-order chi connectivity index (χ1) is 13.1. The largest absolute Gasteiger partial charge is 0.347 e. The van der Waals surface area contributed by atoms with E-state index in [1.165, 1.54) is 19.3 Å². The van der Waals surface area contributed by atoms with Gasteiger partial charge in [-0.05, 0) is 25.8 Å². The molecule has 4 rings (SSSR count). The molecule has 1 aromatic carbocycles. The van der Waals surface area contributed by atoms with Crippen molar-refractivity contribution < 1.29 is 9.59 Å². The average Bonchev–Trinajstić information content (AvgIpc) is 2.98. The van der Waals surface area contributed by atoms with E-state index in [2.05, 4.69) is 10.6 Å². The fourth-order valence-corrected chi connectivity index (χ4v) is 4.69. The quantitative estimate of drug-likeness (QED) is 0.817. The molecule has 0 atom stereocenters.